The fourth-order valence-electron chi connectivity index (χ4n) is 1.56. The van der Waals surface area contributed by atoms with Gasteiger partial charge in [-0.2, -0.15) is 0 Å². The van der Waals surface area contributed by atoms with Crippen LogP contribution in [0.15, 0.2) is 42.5 Å². The Kier molecular flexibility index (Phi) is 3.57. The van der Waals surface area contributed by atoms with E-state index in [4.69, 9.17) is 14.6 Å². The molecule has 0 heterocycles. The Balaban J connectivity index is 2.08. The van der Waals surface area contributed by atoms with E-state index in [0.29, 0.717) is 18.1 Å². The number of phenolic OH excluding ortho intramolecular Hbond substituents is 2. The number of methoxy groups -OCH3 is 1. The van der Waals surface area contributed by atoms with Crippen molar-refractivity contribution in [1.82, 2.24) is 0 Å². The van der Waals surface area contributed by atoms with Crippen LogP contribution < -0.4 is 9.47 Å². The lowest BCUT2D eigenvalue weighted by molar-refractivity contribution is 0.295. The largest absolute Gasteiger partial charge is 0.508 e. The summed E-state index contributed by atoms with van der Waals surface area (Å²) in [7, 11) is 1.54. The number of hydrogen-bond donors (Lipinski definition) is 2. The highest BCUT2D eigenvalue weighted by molar-refractivity contribution is 5.40. The minimum atomic E-state index is 0.153. The van der Waals surface area contributed by atoms with Crippen LogP contribution in [-0.4, -0.2) is 17.3 Å². The highest BCUT2D eigenvalue weighted by atomic mass is 16.5. The van der Waals surface area contributed by atoms with Crippen LogP contribution in [0.25, 0.3) is 0 Å². The van der Waals surface area contributed by atoms with Crippen LogP contribution in [0.4, 0.5) is 0 Å². The van der Waals surface area contributed by atoms with Crippen LogP contribution in [0, 0.1) is 0 Å². The van der Waals surface area contributed by atoms with E-state index in [9.17, 15) is 5.11 Å². The Labute approximate surface area is 105 Å². The lowest BCUT2D eigenvalue weighted by Crippen LogP contribution is -1.98. The maximum Gasteiger partial charge on any atom is 0.129 e. The molecule has 4 heteroatoms. The first-order valence-corrected chi connectivity index (χ1v) is 5.47. The van der Waals surface area contributed by atoms with E-state index >= 15 is 0 Å². The number of hydrogen-bond acceptors (Lipinski definition) is 4. The Hall–Kier alpha value is -2.36. The molecule has 0 radical (unpaired) electrons. The summed E-state index contributed by atoms with van der Waals surface area (Å²) in [5, 5.41) is 18.5. The van der Waals surface area contributed by atoms with Gasteiger partial charge in [-0.05, 0) is 36.4 Å². The second kappa shape index (κ2) is 5.31. The molecule has 2 aromatic carbocycles. The van der Waals surface area contributed by atoms with Crippen molar-refractivity contribution in [2.45, 2.75) is 6.61 Å². The van der Waals surface area contributed by atoms with Crippen molar-refractivity contribution in [1.29, 1.82) is 0 Å². The van der Waals surface area contributed by atoms with Crippen molar-refractivity contribution in [3.8, 4) is 23.0 Å². The monoisotopic (exact) mass is 246 g/mol. The van der Waals surface area contributed by atoms with Gasteiger partial charge in [0.2, 0.25) is 0 Å². The minimum absolute atomic E-state index is 0.153. The van der Waals surface area contributed by atoms with Gasteiger partial charge in [-0.1, -0.05) is 0 Å². The second-order valence-electron chi connectivity index (χ2n) is 3.78. The minimum Gasteiger partial charge on any atom is -0.508 e. The fraction of sp³-hybridized carbons (Fsp3) is 0.143. The first-order chi connectivity index (χ1) is 8.69. The summed E-state index contributed by atoms with van der Waals surface area (Å²) < 4.78 is 10.7. The van der Waals surface area contributed by atoms with Gasteiger partial charge in [0.1, 0.15) is 29.6 Å². The number of phenols is 2. The zero-order chi connectivity index (χ0) is 13.0. The molecule has 0 fully saturated rings. The summed E-state index contributed by atoms with van der Waals surface area (Å²) in [6, 6.07) is 11.3. The molecule has 0 aliphatic rings. The predicted molar refractivity (Wildman–Crippen MR) is 67.1 cm³/mol. The summed E-state index contributed by atoms with van der Waals surface area (Å²) in [5.74, 6) is 1.58. The van der Waals surface area contributed by atoms with Gasteiger partial charge in [-0.25, -0.2) is 0 Å². The zero-order valence-electron chi connectivity index (χ0n) is 9.96. The Morgan fingerprint density at radius 1 is 0.944 bits per heavy atom. The van der Waals surface area contributed by atoms with Crippen LogP contribution in [0.2, 0.25) is 0 Å². The molecule has 0 unspecified atom stereocenters. The SMILES string of the molecule is COc1cc(O)ccc1COc1ccc(O)cc1. The third kappa shape index (κ3) is 2.85. The first kappa shape index (κ1) is 12.1. The molecular weight excluding hydrogens is 232 g/mol. The van der Waals surface area contributed by atoms with Gasteiger partial charge in [0.05, 0.1) is 7.11 Å². The van der Waals surface area contributed by atoms with E-state index in [1.54, 1.807) is 43.5 Å². The van der Waals surface area contributed by atoms with Gasteiger partial charge < -0.3 is 19.7 Å². The van der Waals surface area contributed by atoms with Crippen LogP contribution in [0.3, 0.4) is 0 Å². The second-order valence-corrected chi connectivity index (χ2v) is 3.78. The topological polar surface area (TPSA) is 58.9 Å². The molecule has 0 bridgehead atoms. The van der Waals surface area contributed by atoms with E-state index in [0.717, 1.165) is 5.56 Å². The average molecular weight is 246 g/mol. The third-order valence-corrected chi connectivity index (χ3v) is 2.50. The van der Waals surface area contributed by atoms with Gasteiger partial charge in [0.25, 0.3) is 0 Å². The molecule has 0 aromatic heterocycles. The quantitative estimate of drug-likeness (QED) is 0.870. The standard InChI is InChI=1S/C14H14O4/c1-17-14-8-12(16)3-2-10(14)9-18-13-6-4-11(15)5-7-13/h2-8,15-16H,9H2,1H3. The summed E-state index contributed by atoms with van der Waals surface area (Å²) in [5.41, 5.74) is 0.836. The normalized spacial score (nSPS) is 10.1. The summed E-state index contributed by atoms with van der Waals surface area (Å²) in [6.45, 7) is 0.328. The number of aromatic hydroxyl groups is 2. The smallest absolute Gasteiger partial charge is 0.129 e. The van der Waals surface area contributed by atoms with Gasteiger partial charge in [0.15, 0.2) is 0 Å². The number of ether oxygens (including phenoxy) is 2. The summed E-state index contributed by atoms with van der Waals surface area (Å²) >= 11 is 0. The molecule has 2 rings (SSSR count). The summed E-state index contributed by atoms with van der Waals surface area (Å²) in [4.78, 5) is 0. The van der Waals surface area contributed by atoms with Crippen LogP contribution in [0.1, 0.15) is 5.56 Å². The van der Waals surface area contributed by atoms with Gasteiger partial charge >= 0.3 is 0 Å². The Bertz CT molecular complexity index is 520. The maximum atomic E-state index is 9.34. The average Bonchev–Trinajstić information content (AvgIpc) is 2.39. The van der Waals surface area contributed by atoms with Gasteiger partial charge in [-0.15, -0.1) is 0 Å². The van der Waals surface area contributed by atoms with Gasteiger partial charge in [-0.3, -0.25) is 0 Å². The van der Waals surface area contributed by atoms with Crippen LogP contribution in [0.5, 0.6) is 23.0 Å². The summed E-state index contributed by atoms with van der Waals surface area (Å²) in [6.07, 6.45) is 0. The molecule has 0 aliphatic carbocycles. The predicted octanol–water partition coefficient (Wildman–Crippen LogP) is 2.69. The van der Waals surface area contributed by atoms with E-state index in [1.165, 1.54) is 6.07 Å². The lowest BCUT2D eigenvalue weighted by atomic mass is 10.2. The Morgan fingerprint density at radius 3 is 2.28 bits per heavy atom. The van der Waals surface area contributed by atoms with E-state index in [1.807, 2.05) is 0 Å². The third-order valence-electron chi connectivity index (χ3n) is 2.50. The van der Waals surface area contributed by atoms with Crippen LogP contribution >= 0.6 is 0 Å². The Morgan fingerprint density at radius 2 is 1.61 bits per heavy atom. The van der Waals surface area contributed by atoms with Gasteiger partial charge in [0, 0.05) is 11.6 Å². The molecule has 2 aromatic rings. The van der Waals surface area contributed by atoms with E-state index in [-0.39, 0.29) is 11.5 Å². The lowest BCUT2D eigenvalue weighted by Gasteiger charge is -2.10. The number of benzene rings is 2. The molecular formula is C14H14O4. The van der Waals surface area contributed by atoms with Crippen molar-refractivity contribution < 1.29 is 19.7 Å². The highest BCUT2D eigenvalue weighted by Gasteiger charge is 2.05. The molecule has 0 amide bonds. The van der Waals surface area contributed by atoms with Crippen molar-refractivity contribution in [2.75, 3.05) is 7.11 Å². The molecule has 0 atom stereocenters. The van der Waals surface area contributed by atoms with Crippen LogP contribution in [-0.2, 0) is 6.61 Å². The maximum absolute atomic E-state index is 9.34. The van der Waals surface area contributed by atoms with Crippen molar-refractivity contribution in [3.63, 3.8) is 0 Å². The molecule has 2 N–H and O–H groups in total. The van der Waals surface area contributed by atoms with Crippen molar-refractivity contribution in [2.24, 2.45) is 0 Å². The highest BCUT2D eigenvalue weighted by Crippen LogP contribution is 2.25. The van der Waals surface area contributed by atoms with Crippen molar-refractivity contribution >= 4 is 0 Å². The first-order valence-electron chi connectivity index (χ1n) is 5.47. The molecule has 94 valence electrons. The van der Waals surface area contributed by atoms with E-state index in [2.05, 4.69) is 0 Å². The van der Waals surface area contributed by atoms with E-state index < -0.39 is 0 Å². The van der Waals surface area contributed by atoms with Crippen molar-refractivity contribution in [3.05, 3.63) is 48.0 Å². The molecule has 0 saturated carbocycles. The molecule has 0 aliphatic heterocycles. The zero-order valence-corrected chi connectivity index (χ0v) is 9.96. The molecule has 4 nitrogen and oxygen atoms in total. The number of rotatable bonds is 4. The fourth-order valence-corrected chi connectivity index (χ4v) is 1.56. The molecule has 0 spiro atoms. The molecule has 18 heavy (non-hydrogen) atoms. The molecule has 0 saturated heterocycles.